The molecule has 2 saturated carbocycles. The second kappa shape index (κ2) is 7.09. The van der Waals surface area contributed by atoms with Gasteiger partial charge in [-0.05, 0) is 61.8 Å². The molecule has 4 rings (SSSR count). The van der Waals surface area contributed by atoms with Crippen LogP contribution in [0.4, 0.5) is 0 Å². The van der Waals surface area contributed by atoms with Crippen molar-refractivity contribution in [3.8, 4) is 0 Å². The summed E-state index contributed by atoms with van der Waals surface area (Å²) in [6, 6.07) is 14.7. The first-order chi connectivity index (χ1) is 12.9. The molecule has 2 aliphatic carbocycles. The van der Waals surface area contributed by atoms with E-state index in [0.29, 0.717) is 11.5 Å². The van der Waals surface area contributed by atoms with Crippen LogP contribution in [0.5, 0.6) is 0 Å². The molecule has 2 fully saturated rings. The monoisotopic (exact) mass is 384 g/mol. The molecular formula is C21H24N2O3S. The third-order valence-corrected chi connectivity index (χ3v) is 6.72. The van der Waals surface area contributed by atoms with Crippen LogP contribution in [-0.2, 0) is 10.0 Å². The summed E-state index contributed by atoms with van der Waals surface area (Å²) >= 11 is 0. The van der Waals surface area contributed by atoms with Gasteiger partial charge in [0, 0.05) is 11.6 Å². The van der Waals surface area contributed by atoms with Crippen molar-refractivity contribution < 1.29 is 13.2 Å². The Balaban J connectivity index is 1.58. The van der Waals surface area contributed by atoms with Gasteiger partial charge in [-0.2, -0.15) is 0 Å². The van der Waals surface area contributed by atoms with Gasteiger partial charge in [-0.3, -0.25) is 4.79 Å². The number of carbonyl (C=O) groups is 1. The smallest absolute Gasteiger partial charge is 0.252 e. The quantitative estimate of drug-likeness (QED) is 0.769. The zero-order valence-electron chi connectivity index (χ0n) is 15.3. The average Bonchev–Trinajstić information content (AvgIpc) is 3.55. The normalized spacial score (nSPS) is 18.1. The number of carbonyl (C=O) groups excluding carboxylic acids is 1. The molecule has 1 atom stereocenters. The van der Waals surface area contributed by atoms with E-state index in [9.17, 15) is 13.2 Å². The fraction of sp³-hybridized carbons (Fsp3) is 0.381. The van der Waals surface area contributed by atoms with Crippen LogP contribution in [0.15, 0.2) is 53.4 Å². The van der Waals surface area contributed by atoms with Crippen LogP contribution in [0.1, 0.15) is 53.2 Å². The lowest BCUT2D eigenvalue weighted by molar-refractivity contribution is 0.0931. The summed E-state index contributed by atoms with van der Waals surface area (Å²) in [7, 11) is -3.58. The van der Waals surface area contributed by atoms with Gasteiger partial charge in [0.05, 0.1) is 10.9 Å². The van der Waals surface area contributed by atoms with E-state index < -0.39 is 10.0 Å². The van der Waals surface area contributed by atoms with E-state index in [1.54, 1.807) is 12.1 Å². The maximum atomic E-state index is 13.0. The molecule has 0 heterocycles. The molecule has 2 aromatic rings. The molecule has 0 saturated heterocycles. The third-order valence-electron chi connectivity index (χ3n) is 5.20. The molecule has 2 N–H and O–H groups in total. The number of hydrogen-bond acceptors (Lipinski definition) is 3. The first-order valence-corrected chi connectivity index (χ1v) is 10.9. The summed E-state index contributed by atoms with van der Waals surface area (Å²) in [5.74, 6) is 0.219. The van der Waals surface area contributed by atoms with Crippen molar-refractivity contribution in [3.05, 3.63) is 65.2 Å². The highest BCUT2D eigenvalue weighted by Crippen LogP contribution is 2.41. The molecule has 0 spiro atoms. The molecule has 142 valence electrons. The summed E-state index contributed by atoms with van der Waals surface area (Å²) in [6.45, 7) is 1.83. The molecule has 0 bridgehead atoms. The van der Waals surface area contributed by atoms with Gasteiger partial charge in [0.15, 0.2) is 0 Å². The lowest BCUT2D eigenvalue weighted by Crippen LogP contribution is -2.31. The number of nitrogens with one attached hydrogen (secondary N) is 2. The first-order valence-electron chi connectivity index (χ1n) is 9.43. The second-order valence-corrected chi connectivity index (χ2v) is 9.29. The van der Waals surface area contributed by atoms with E-state index in [1.807, 2.05) is 37.3 Å². The van der Waals surface area contributed by atoms with Crippen LogP contribution < -0.4 is 10.0 Å². The number of sulfonamides is 1. The van der Waals surface area contributed by atoms with Crippen LogP contribution in [0, 0.1) is 12.8 Å². The predicted octanol–water partition coefficient (Wildman–Crippen LogP) is 3.32. The summed E-state index contributed by atoms with van der Waals surface area (Å²) in [6.07, 6.45) is 3.94. The van der Waals surface area contributed by atoms with Gasteiger partial charge >= 0.3 is 0 Å². The molecule has 0 unspecified atom stereocenters. The number of rotatable bonds is 7. The summed E-state index contributed by atoms with van der Waals surface area (Å²) in [4.78, 5) is 13.1. The van der Waals surface area contributed by atoms with Gasteiger partial charge in [0.25, 0.3) is 5.91 Å². The van der Waals surface area contributed by atoms with Crippen LogP contribution in [-0.4, -0.2) is 20.4 Å². The van der Waals surface area contributed by atoms with Gasteiger partial charge in [0.1, 0.15) is 0 Å². The Labute approximate surface area is 160 Å². The molecule has 5 nitrogen and oxygen atoms in total. The fourth-order valence-electron chi connectivity index (χ4n) is 3.28. The van der Waals surface area contributed by atoms with E-state index in [1.165, 1.54) is 6.07 Å². The van der Waals surface area contributed by atoms with Crippen molar-refractivity contribution in [3.63, 3.8) is 0 Å². The van der Waals surface area contributed by atoms with Crippen molar-refractivity contribution in [1.29, 1.82) is 0 Å². The highest BCUT2D eigenvalue weighted by Gasteiger charge is 2.34. The van der Waals surface area contributed by atoms with Crippen LogP contribution in [0.2, 0.25) is 0 Å². The van der Waals surface area contributed by atoms with Crippen molar-refractivity contribution >= 4 is 15.9 Å². The summed E-state index contributed by atoms with van der Waals surface area (Å²) in [5, 5.41) is 3.13. The maximum Gasteiger partial charge on any atom is 0.252 e. The molecule has 2 aromatic carbocycles. The van der Waals surface area contributed by atoms with E-state index in [-0.39, 0.29) is 22.9 Å². The molecule has 2 aliphatic rings. The molecule has 27 heavy (non-hydrogen) atoms. The molecule has 6 heteroatoms. The zero-order chi connectivity index (χ0) is 19.0. The standard InChI is InChI=1S/C21H24N2O3S/c1-14-7-12-18(27(25,26)23-17-10-11-17)13-19(14)21(24)22-20(16-8-9-16)15-5-3-2-4-6-15/h2-7,12-13,16-17,20,23H,8-11H2,1H3,(H,22,24)/t20-/m0/s1. The number of aryl methyl sites for hydroxylation is 1. The number of benzene rings is 2. The largest absolute Gasteiger partial charge is 0.345 e. The van der Waals surface area contributed by atoms with Crippen molar-refractivity contribution in [1.82, 2.24) is 10.0 Å². The van der Waals surface area contributed by atoms with E-state index in [2.05, 4.69) is 10.0 Å². The topological polar surface area (TPSA) is 75.3 Å². The van der Waals surface area contributed by atoms with Gasteiger partial charge in [-0.15, -0.1) is 0 Å². The third kappa shape index (κ3) is 4.22. The minimum absolute atomic E-state index is 0.0332. The SMILES string of the molecule is Cc1ccc(S(=O)(=O)NC2CC2)cc1C(=O)N[C@@H](c1ccccc1)C1CC1. The minimum Gasteiger partial charge on any atom is -0.345 e. The average molecular weight is 385 g/mol. The van der Waals surface area contributed by atoms with Crippen LogP contribution in [0.3, 0.4) is 0 Å². The van der Waals surface area contributed by atoms with Crippen LogP contribution >= 0.6 is 0 Å². The molecule has 1 amide bonds. The van der Waals surface area contributed by atoms with Gasteiger partial charge in [0.2, 0.25) is 10.0 Å². The maximum absolute atomic E-state index is 13.0. The fourth-order valence-corrected chi connectivity index (χ4v) is 4.61. The highest BCUT2D eigenvalue weighted by atomic mass is 32.2. The van der Waals surface area contributed by atoms with Crippen molar-refractivity contribution in [2.45, 2.75) is 49.6 Å². The second-order valence-electron chi connectivity index (χ2n) is 7.57. The molecular weight excluding hydrogens is 360 g/mol. The Morgan fingerprint density at radius 2 is 1.74 bits per heavy atom. The predicted molar refractivity (Wildman–Crippen MR) is 104 cm³/mol. The molecule has 0 aromatic heterocycles. The number of hydrogen-bond donors (Lipinski definition) is 2. The van der Waals surface area contributed by atoms with Crippen LogP contribution in [0.25, 0.3) is 0 Å². The Bertz CT molecular complexity index is 949. The summed E-state index contributed by atoms with van der Waals surface area (Å²) in [5.41, 5.74) is 2.26. The molecule has 0 aliphatic heterocycles. The van der Waals surface area contributed by atoms with Gasteiger partial charge < -0.3 is 5.32 Å². The zero-order valence-corrected chi connectivity index (χ0v) is 16.1. The van der Waals surface area contributed by atoms with Crippen molar-refractivity contribution in [2.75, 3.05) is 0 Å². The lowest BCUT2D eigenvalue weighted by Gasteiger charge is -2.20. The molecule has 0 radical (unpaired) electrons. The highest BCUT2D eigenvalue weighted by molar-refractivity contribution is 7.89. The van der Waals surface area contributed by atoms with Gasteiger partial charge in [-0.1, -0.05) is 36.4 Å². The summed E-state index contributed by atoms with van der Waals surface area (Å²) < 4.78 is 27.6. The minimum atomic E-state index is -3.58. The lowest BCUT2D eigenvalue weighted by atomic mass is 10.0. The van der Waals surface area contributed by atoms with Crippen molar-refractivity contribution in [2.24, 2.45) is 5.92 Å². The Hall–Kier alpha value is -2.18. The first kappa shape index (κ1) is 18.2. The number of amides is 1. The van der Waals surface area contributed by atoms with E-state index >= 15 is 0 Å². The Kier molecular flexibility index (Phi) is 4.78. The van der Waals surface area contributed by atoms with Gasteiger partial charge in [-0.25, -0.2) is 13.1 Å². The van der Waals surface area contributed by atoms with E-state index in [0.717, 1.165) is 36.8 Å². The Morgan fingerprint density at radius 3 is 2.37 bits per heavy atom. The van der Waals surface area contributed by atoms with E-state index in [4.69, 9.17) is 0 Å². The Morgan fingerprint density at radius 1 is 1.04 bits per heavy atom.